The largest absolute Gasteiger partial charge is 0.381 e. The third-order valence-corrected chi connectivity index (χ3v) is 5.42. The Morgan fingerprint density at radius 2 is 2.04 bits per heavy atom. The van der Waals surface area contributed by atoms with E-state index in [1.165, 1.54) is 0 Å². The number of ether oxygens (including phenoxy) is 1. The van der Waals surface area contributed by atoms with Crippen LogP contribution in [0.2, 0.25) is 10.3 Å². The minimum absolute atomic E-state index is 0.0459. The normalized spacial score (nSPS) is 24.1. The van der Waals surface area contributed by atoms with E-state index in [2.05, 4.69) is 15.3 Å². The molecule has 3 heterocycles. The van der Waals surface area contributed by atoms with Gasteiger partial charge in [-0.15, -0.1) is 0 Å². The summed E-state index contributed by atoms with van der Waals surface area (Å²) in [5, 5.41) is 5.06. The van der Waals surface area contributed by atoms with Gasteiger partial charge in [-0.05, 0) is 48.6 Å². The minimum atomic E-state index is 0.0459. The van der Waals surface area contributed by atoms with Crippen LogP contribution in [0.3, 0.4) is 0 Å². The number of aromatic nitrogens is 2. The fourth-order valence-electron chi connectivity index (χ4n) is 3.55. The first-order valence-corrected chi connectivity index (χ1v) is 8.88. The van der Waals surface area contributed by atoms with Crippen molar-refractivity contribution in [3.05, 3.63) is 28.6 Å². The van der Waals surface area contributed by atoms with Crippen molar-refractivity contribution in [2.75, 3.05) is 18.5 Å². The summed E-state index contributed by atoms with van der Waals surface area (Å²) in [6, 6.07) is 3.49. The van der Waals surface area contributed by atoms with E-state index in [1.807, 2.05) is 0 Å². The maximum atomic E-state index is 12.5. The number of rotatable bonds is 3. The summed E-state index contributed by atoms with van der Waals surface area (Å²) in [6.07, 6.45) is 4.70. The topological polar surface area (TPSA) is 64.1 Å². The van der Waals surface area contributed by atoms with E-state index in [0.29, 0.717) is 33.3 Å². The highest BCUT2D eigenvalue weighted by molar-refractivity contribution is 6.36. The Bertz CT molecular complexity index is 793. The lowest BCUT2D eigenvalue weighted by Crippen LogP contribution is -2.21. The summed E-state index contributed by atoms with van der Waals surface area (Å²) in [6.45, 7) is 1.63. The number of carbonyl (C=O) groups is 1. The number of fused-ring (bicyclic) bond motifs is 1. The summed E-state index contributed by atoms with van der Waals surface area (Å²) in [5.74, 6) is 1.76. The lowest BCUT2D eigenvalue weighted by atomic mass is 9.93. The molecule has 126 valence electrons. The van der Waals surface area contributed by atoms with Crippen molar-refractivity contribution in [2.45, 2.75) is 19.3 Å². The smallest absolute Gasteiger partial charge is 0.228 e. The van der Waals surface area contributed by atoms with Gasteiger partial charge in [0.05, 0.1) is 0 Å². The molecule has 2 aromatic rings. The molecule has 1 aliphatic carbocycles. The van der Waals surface area contributed by atoms with Crippen LogP contribution < -0.4 is 5.32 Å². The first-order chi connectivity index (χ1) is 11.6. The standard InChI is InChI=1S/C17H17Cl2N3O2/c18-14-5-10-6-15(20-8-13(10)16(19)21-14)22-17(23)12-7-11(12)9-1-3-24-4-2-9/h5-6,8-9,11-12H,1-4,7H2,(H,20,22,23)/t11-,12+/m1/s1. The van der Waals surface area contributed by atoms with Gasteiger partial charge < -0.3 is 10.1 Å². The predicted octanol–water partition coefficient (Wildman–Crippen LogP) is 3.94. The van der Waals surface area contributed by atoms with Crippen LogP contribution in [0.15, 0.2) is 18.3 Å². The van der Waals surface area contributed by atoms with Crippen LogP contribution in [0.25, 0.3) is 10.8 Å². The Kier molecular flexibility index (Phi) is 4.33. The number of hydrogen-bond acceptors (Lipinski definition) is 4. The average Bonchev–Trinajstić information content (AvgIpc) is 3.36. The molecular formula is C17H17Cl2N3O2. The second-order valence-electron chi connectivity index (χ2n) is 6.47. The van der Waals surface area contributed by atoms with Crippen LogP contribution >= 0.6 is 23.2 Å². The Labute approximate surface area is 149 Å². The van der Waals surface area contributed by atoms with Gasteiger partial charge in [-0.1, -0.05) is 23.2 Å². The summed E-state index contributed by atoms with van der Waals surface area (Å²) >= 11 is 12.0. The van der Waals surface area contributed by atoms with Crippen molar-refractivity contribution < 1.29 is 9.53 Å². The lowest BCUT2D eigenvalue weighted by Gasteiger charge is -2.21. The van der Waals surface area contributed by atoms with Gasteiger partial charge in [0.1, 0.15) is 16.1 Å². The maximum Gasteiger partial charge on any atom is 0.228 e. The molecule has 1 amide bonds. The molecule has 0 aromatic carbocycles. The van der Waals surface area contributed by atoms with E-state index in [0.717, 1.165) is 37.9 Å². The third kappa shape index (κ3) is 3.21. The number of nitrogens with one attached hydrogen (secondary N) is 1. The molecule has 2 aliphatic rings. The molecule has 5 nitrogen and oxygen atoms in total. The van der Waals surface area contributed by atoms with Crippen LogP contribution in [-0.2, 0) is 9.53 Å². The van der Waals surface area contributed by atoms with Crippen molar-refractivity contribution >= 4 is 45.7 Å². The average molecular weight is 366 g/mol. The molecule has 2 aromatic heterocycles. The van der Waals surface area contributed by atoms with Crippen LogP contribution in [0.4, 0.5) is 5.82 Å². The molecule has 1 aliphatic heterocycles. The number of anilines is 1. The highest BCUT2D eigenvalue weighted by atomic mass is 35.5. The molecule has 2 atom stereocenters. The lowest BCUT2D eigenvalue weighted by molar-refractivity contribution is -0.117. The van der Waals surface area contributed by atoms with Gasteiger partial charge in [-0.25, -0.2) is 9.97 Å². The van der Waals surface area contributed by atoms with Gasteiger partial charge >= 0.3 is 0 Å². The molecular weight excluding hydrogens is 349 g/mol. The molecule has 24 heavy (non-hydrogen) atoms. The number of amides is 1. The van der Waals surface area contributed by atoms with E-state index in [9.17, 15) is 4.79 Å². The maximum absolute atomic E-state index is 12.5. The fraction of sp³-hybridized carbons (Fsp3) is 0.471. The van der Waals surface area contributed by atoms with Gasteiger partial charge in [-0.2, -0.15) is 0 Å². The highest BCUT2D eigenvalue weighted by Gasteiger charge is 2.47. The first kappa shape index (κ1) is 16.1. The van der Waals surface area contributed by atoms with E-state index in [1.54, 1.807) is 18.3 Å². The number of pyridine rings is 2. The molecule has 1 saturated carbocycles. The van der Waals surface area contributed by atoms with E-state index in [-0.39, 0.29) is 11.8 Å². The van der Waals surface area contributed by atoms with Crippen molar-refractivity contribution in [3.63, 3.8) is 0 Å². The van der Waals surface area contributed by atoms with Crippen LogP contribution in [0.5, 0.6) is 0 Å². The van der Waals surface area contributed by atoms with Crippen molar-refractivity contribution in [2.24, 2.45) is 17.8 Å². The second-order valence-corrected chi connectivity index (χ2v) is 7.22. The molecule has 0 unspecified atom stereocenters. The molecule has 0 radical (unpaired) electrons. The Hall–Kier alpha value is -1.43. The third-order valence-electron chi connectivity index (χ3n) is 4.94. The minimum Gasteiger partial charge on any atom is -0.381 e. The Morgan fingerprint density at radius 3 is 2.83 bits per heavy atom. The first-order valence-electron chi connectivity index (χ1n) is 8.12. The predicted molar refractivity (Wildman–Crippen MR) is 93.3 cm³/mol. The Morgan fingerprint density at radius 1 is 1.25 bits per heavy atom. The number of halogens is 2. The summed E-state index contributed by atoms with van der Waals surface area (Å²) in [5.41, 5.74) is 0. The Balaban J connectivity index is 1.45. The quantitative estimate of drug-likeness (QED) is 0.836. The second kappa shape index (κ2) is 6.47. The van der Waals surface area contributed by atoms with Gasteiger partial charge in [0, 0.05) is 30.7 Å². The molecule has 1 N–H and O–H groups in total. The van der Waals surface area contributed by atoms with Gasteiger partial charge in [0.2, 0.25) is 5.91 Å². The summed E-state index contributed by atoms with van der Waals surface area (Å²) in [7, 11) is 0. The van der Waals surface area contributed by atoms with Gasteiger partial charge in [-0.3, -0.25) is 4.79 Å². The molecule has 4 rings (SSSR count). The fourth-order valence-corrected chi connectivity index (χ4v) is 4.04. The number of hydrogen-bond donors (Lipinski definition) is 1. The highest BCUT2D eigenvalue weighted by Crippen LogP contribution is 2.48. The summed E-state index contributed by atoms with van der Waals surface area (Å²) in [4.78, 5) is 20.7. The van der Waals surface area contributed by atoms with Crippen molar-refractivity contribution in [3.8, 4) is 0 Å². The van der Waals surface area contributed by atoms with Crippen LogP contribution in [-0.4, -0.2) is 29.1 Å². The van der Waals surface area contributed by atoms with E-state index < -0.39 is 0 Å². The number of nitrogens with zero attached hydrogens (tertiary/aromatic N) is 2. The molecule has 0 spiro atoms. The van der Waals surface area contributed by atoms with Gasteiger partial charge in [0.25, 0.3) is 0 Å². The zero-order chi connectivity index (χ0) is 16.7. The van der Waals surface area contributed by atoms with Crippen LogP contribution in [0, 0.1) is 17.8 Å². The monoisotopic (exact) mass is 365 g/mol. The van der Waals surface area contributed by atoms with Crippen molar-refractivity contribution in [1.82, 2.24) is 9.97 Å². The zero-order valence-corrected chi connectivity index (χ0v) is 14.5. The van der Waals surface area contributed by atoms with Crippen molar-refractivity contribution in [1.29, 1.82) is 0 Å². The zero-order valence-electron chi connectivity index (χ0n) is 13.0. The van der Waals surface area contributed by atoms with Crippen LogP contribution in [0.1, 0.15) is 19.3 Å². The SMILES string of the molecule is O=C(Nc1cc2cc(Cl)nc(Cl)c2cn1)[C@H]1C[C@@H]1C1CCOCC1. The number of carbonyl (C=O) groups excluding carboxylic acids is 1. The molecule has 0 bridgehead atoms. The summed E-state index contributed by atoms with van der Waals surface area (Å²) < 4.78 is 5.39. The molecule has 1 saturated heterocycles. The van der Waals surface area contributed by atoms with E-state index in [4.69, 9.17) is 27.9 Å². The van der Waals surface area contributed by atoms with Gasteiger partial charge in [0.15, 0.2) is 0 Å². The molecule has 2 fully saturated rings. The molecule has 7 heteroatoms. The van der Waals surface area contributed by atoms with E-state index >= 15 is 0 Å².